The van der Waals surface area contributed by atoms with Crippen molar-refractivity contribution in [1.29, 1.82) is 0 Å². The fraction of sp³-hybridized carbons (Fsp3) is 0.231. The van der Waals surface area contributed by atoms with Gasteiger partial charge >= 0.3 is 0 Å². The Morgan fingerprint density at radius 3 is 2.76 bits per heavy atom. The molecule has 2 aromatic rings. The average molecular weight is 231 g/mol. The number of nitrogens with one attached hydrogen (secondary N) is 1. The van der Waals surface area contributed by atoms with Gasteiger partial charge in [0.2, 0.25) is 0 Å². The number of hydrogen-bond acceptors (Lipinski definition) is 3. The van der Waals surface area contributed by atoms with Crippen molar-refractivity contribution >= 4 is 5.69 Å². The fourth-order valence-electron chi connectivity index (χ4n) is 1.64. The number of anilines is 1. The van der Waals surface area contributed by atoms with E-state index >= 15 is 0 Å². The largest absolute Gasteiger partial charge is 0.374 e. The van der Waals surface area contributed by atoms with E-state index in [4.69, 9.17) is 0 Å². The van der Waals surface area contributed by atoms with Crippen LogP contribution in [0.4, 0.5) is 10.1 Å². The van der Waals surface area contributed by atoms with Gasteiger partial charge in [0.05, 0.1) is 23.6 Å². The van der Waals surface area contributed by atoms with Gasteiger partial charge in [-0.25, -0.2) is 4.39 Å². The Labute approximate surface area is 99.7 Å². The Balaban J connectivity index is 2.22. The third-order valence-electron chi connectivity index (χ3n) is 2.61. The van der Waals surface area contributed by atoms with Gasteiger partial charge in [0, 0.05) is 12.4 Å². The number of aromatic nitrogens is 2. The molecular formula is C13H14FN3. The minimum Gasteiger partial charge on any atom is -0.374 e. The minimum atomic E-state index is -0.249. The molecule has 0 aliphatic rings. The fourth-order valence-corrected chi connectivity index (χ4v) is 1.64. The maximum absolute atomic E-state index is 13.6. The molecule has 0 saturated heterocycles. The molecule has 17 heavy (non-hydrogen) atoms. The minimum absolute atomic E-state index is 0.0840. The van der Waals surface area contributed by atoms with E-state index in [0.717, 1.165) is 11.3 Å². The van der Waals surface area contributed by atoms with Crippen LogP contribution in [-0.4, -0.2) is 9.97 Å². The summed E-state index contributed by atoms with van der Waals surface area (Å²) in [6, 6.07) is 4.93. The first-order valence-corrected chi connectivity index (χ1v) is 5.46. The summed E-state index contributed by atoms with van der Waals surface area (Å²) >= 11 is 0. The van der Waals surface area contributed by atoms with Crippen molar-refractivity contribution in [2.45, 2.75) is 19.9 Å². The molecule has 1 unspecified atom stereocenters. The van der Waals surface area contributed by atoms with Crippen LogP contribution in [0.2, 0.25) is 0 Å². The van der Waals surface area contributed by atoms with Crippen molar-refractivity contribution in [3.63, 3.8) is 0 Å². The number of rotatable bonds is 3. The molecule has 0 bridgehead atoms. The van der Waals surface area contributed by atoms with Gasteiger partial charge < -0.3 is 5.32 Å². The van der Waals surface area contributed by atoms with Crippen LogP contribution in [0, 0.1) is 12.7 Å². The maximum Gasteiger partial charge on any atom is 0.146 e. The molecule has 0 saturated carbocycles. The van der Waals surface area contributed by atoms with Gasteiger partial charge in [-0.05, 0) is 25.5 Å². The highest BCUT2D eigenvalue weighted by Gasteiger charge is 2.11. The van der Waals surface area contributed by atoms with Crippen molar-refractivity contribution in [3.8, 4) is 0 Å². The van der Waals surface area contributed by atoms with E-state index in [0.29, 0.717) is 5.69 Å². The van der Waals surface area contributed by atoms with E-state index in [2.05, 4.69) is 15.3 Å². The van der Waals surface area contributed by atoms with E-state index in [9.17, 15) is 4.39 Å². The molecular weight excluding hydrogens is 217 g/mol. The summed E-state index contributed by atoms with van der Waals surface area (Å²) in [6.45, 7) is 3.80. The summed E-state index contributed by atoms with van der Waals surface area (Å²) in [5, 5.41) is 3.12. The quantitative estimate of drug-likeness (QED) is 0.882. The molecule has 0 amide bonds. The van der Waals surface area contributed by atoms with E-state index in [1.165, 1.54) is 6.07 Å². The van der Waals surface area contributed by atoms with Gasteiger partial charge in [0.25, 0.3) is 0 Å². The normalized spacial score (nSPS) is 12.2. The molecule has 1 aromatic heterocycles. The number of halogens is 1. The molecule has 1 atom stereocenters. The molecule has 0 spiro atoms. The first-order chi connectivity index (χ1) is 8.18. The molecule has 3 nitrogen and oxygen atoms in total. The number of nitrogens with zero attached hydrogens (tertiary/aromatic N) is 2. The van der Waals surface area contributed by atoms with Crippen molar-refractivity contribution in [3.05, 3.63) is 53.9 Å². The van der Waals surface area contributed by atoms with Gasteiger partial charge in [0.1, 0.15) is 5.82 Å². The number of para-hydroxylation sites is 1. The molecule has 2 rings (SSSR count). The van der Waals surface area contributed by atoms with Crippen LogP contribution in [0.1, 0.15) is 24.2 Å². The summed E-state index contributed by atoms with van der Waals surface area (Å²) < 4.78 is 13.6. The number of benzene rings is 1. The molecule has 1 heterocycles. The van der Waals surface area contributed by atoms with Crippen molar-refractivity contribution < 1.29 is 4.39 Å². The maximum atomic E-state index is 13.6. The first kappa shape index (κ1) is 11.5. The second-order valence-electron chi connectivity index (χ2n) is 3.93. The molecule has 4 heteroatoms. The van der Waals surface area contributed by atoms with E-state index in [1.54, 1.807) is 24.7 Å². The predicted octanol–water partition coefficient (Wildman–Crippen LogP) is 3.10. The van der Waals surface area contributed by atoms with Gasteiger partial charge in [-0.1, -0.05) is 12.1 Å². The van der Waals surface area contributed by atoms with Crippen LogP contribution in [0.15, 0.2) is 36.8 Å². The zero-order valence-corrected chi connectivity index (χ0v) is 9.81. The molecule has 0 fully saturated rings. The topological polar surface area (TPSA) is 37.8 Å². The SMILES string of the molecule is Cc1cccc(F)c1NC(C)c1cnccn1. The summed E-state index contributed by atoms with van der Waals surface area (Å²) in [5.74, 6) is -0.249. The van der Waals surface area contributed by atoms with Crippen LogP contribution in [0.3, 0.4) is 0 Å². The highest BCUT2D eigenvalue weighted by molar-refractivity contribution is 5.52. The van der Waals surface area contributed by atoms with Gasteiger partial charge in [0.15, 0.2) is 0 Å². The molecule has 0 aliphatic carbocycles. The summed E-state index contributed by atoms with van der Waals surface area (Å²) in [4.78, 5) is 8.18. The zero-order valence-electron chi connectivity index (χ0n) is 9.81. The van der Waals surface area contributed by atoms with Crippen molar-refractivity contribution in [2.75, 3.05) is 5.32 Å². The van der Waals surface area contributed by atoms with Gasteiger partial charge in [-0.2, -0.15) is 0 Å². The molecule has 88 valence electrons. The van der Waals surface area contributed by atoms with Crippen LogP contribution in [0.25, 0.3) is 0 Å². The van der Waals surface area contributed by atoms with Crippen LogP contribution in [-0.2, 0) is 0 Å². The van der Waals surface area contributed by atoms with Gasteiger partial charge in [-0.3, -0.25) is 9.97 Å². The highest BCUT2D eigenvalue weighted by atomic mass is 19.1. The molecule has 0 aliphatic heterocycles. The summed E-state index contributed by atoms with van der Waals surface area (Å²) in [6.07, 6.45) is 4.92. The number of hydrogen-bond donors (Lipinski definition) is 1. The second-order valence-corrected chi connectivity index (χ2v) is 3.93. The lowest BCUT2D eigenvalue weighted by atomic mass is 10.1. The number of aryl methyl sites for hydroxylation is 1. The highest BCUT2D eigenvalue weighted by Crippen LogP contribution is 2.23. The van der Waals surface area contributed by atoms with Crippen LogP contribution >= 0.6 is 0 Å². The zero-order chi connectivity index (χ0) is 12.3. The Morgan fingerprint density at radius 1 is 1.29 bits per heavy atom. The lowest BCUT2D eigenvalue weighted by Gasteiger charge is -2.16. The second kappa shape index (κ2) is 4.91. The lowest BCUT2D eigenvalue weighted by molar-refractivity contribution is 0.625. The summed E-state index contributed by atoms with van der Waals surface area (Å²) in [7, 11) is 0. The summed E-state index contributed by atoms with van der Waals surface area (Å²) in [5.41, 5.74) is 2.18. The molecule has 0 radical (unpaired) electrons. The van der Waals surface area contributed by atoms with Gasteiger partial charge in [-0.15, -0.1) is 0 Å². The van der Waals surface area contributed by atoms with Crippen molar-refractivity contribution in [1.82, 2.24) is 9.97 Å². The van der Waals surface area contributed by atoms with Crippen molar-refractivity contribution in [2.24, 2.45) is 0 Å². The Morgan fingerprint density at radius 2 is 2.12 bits per heavy atom. The Kier molecular flexibility index (Phi) is 3.32. The lowest BCUT2D eigenvalue weighted by Crippen LogP contribution is -2.10. The third kappa shape index (κ3) is 2.58. The predicted molar refractivity (Wildman–Crippen MR) is 65.2 cm³/mol. The average Bonchev–Trinajstić information content (AvgIpc) is 2.35. The van der Waals surface area contributed by atoms with Crippen LogP contribution in [0.5, 0.6) is 0 Å². The standard InChI is InChI=1S/C13H14FN3/c1-9-4-3-5-11(14)13(9)17-10(2)12-8-15-6-7-16-12/h3-8,10,17H,1-2H3. The van der Waals surface area contributed by atoms with E-state index < -0.39 is 0 Å². The first-order valence-electron chi connectivity index (χ1n) is 5.46. The molecule has 1 aromatic carbocycles. The third-order valence-corrected chi connectivity index (χ3v) is 2.61. The Bertz CT molecular complexity index is 479. The molecule has 1 N–H and O–H groups in total. The van der Waals surface area contributed by atoms with E-state index in [1.807, 2.05) is 19.9 Å². The van der Waals surface area contributed by atoms with Crippen LogP contribution < -0.4 is 5.32 Å². The monoisotopic (exact) mass is 231 g/mol. The van der Waals surface area contributed by atoms with E-state index in [-0.39, 0.29) is 11.9 Å². The Hall–Kier alpha value is -1.97. The smallest absolute Gasteiger partial charge is 0.146 e.